The first-order chi connectivity index (χ1) is 16.3. The predicted molar refractivity (Wildman–Crippen MR) is 121 cm³/mol. The fourth-order valence-corrected chi connectivity index (χ4v) is 3.59. The van der Waals surface area contributed by atoms with E-state index in [0.717, 1.165) is 28.6 Å². The van der Waals surface area contributed by atoms with E-state index in [4.69, 9.17) is 4.74 Å². The van der Waals surface area contributed by atoms with Gasteiger partial charge in [-0.15, -0.1) is 0 Å². The van der Waals surface area contributed by atoms with Crippen LogP contribution in [0.25, 0.3) is 10.9 Å². The van der Waals surface area contributed by atoms with E-state index in [9.17, 15) is 22.8 Å². The Kier molecular flexibility index (Phi) is 6.67. The summed E-state index contributed by atoms with van der Waals surface area (Å²) in [5.41, 5.74) is 1.72. The van der Waals surface area contributed by atoms with Gasteiger partial charge in [-0.05, 0) is 41.5 Å². The molecule has 174 valence electrons. The van der Waals surface area contributed by atoms with Crippen LogP contribution in [0.3, 0.4) is 0 Å². The maximum absolute atomic E-state index is 12.9. The summed E-state index contributed by atoms with van der Waals surface area (Å²) < 4.78 is 43.7. The van der Waals surface area contributed by atoms with Crippen LogP contribution in [-0.2, 0) is 28.7 Å². The van der Waals surface area contributed by atoms with E-state index in [1.165, 1.54) is 12.1 Å². The highest BCUT2D eigenvalue weighted by molar-refractivity contribution is 5.97. The molecule has 1 atom stereocenters. The molecule has 0 aliphatic carbocycles. The maximum Gasteiger partial charge on any atom is 0.416 e. The van der Waals surface area contributed by atoms with Crippen molar-refractivity contribution in [3.05, 3.63) is 107 Å². The Morgan fingerprint density at radius 3 is 2.29 bits per heavy atom. The smallest absolute Gasteiger partial charge is 0.416 e. The summed E-state index contributed by atoms with van der Waals surface area (Å²) in [7, 11) is 0. The second-order valence-electron chi connectivity index (χ2n) is 7.76. The van der Waals surface area contributed by atoms with E-state index in [2.05, 4.69) is 10.3 Å². The zero-order chi connectivity index (χ0) is 24.1. The summed E-state index contributed by atoms with van der Waals surface area (Å²) >= 11 is 0. The number of fused-ring (bicyclic) bond motifs is 1. The third-order valence-corrected chi connectivity index (χ3v) is 5.39. The number of esters is 1. The Hall–Kier alpha value is -4.07. The lowest BCUT2D eigenvalue weighted by atomic mass is 10.0. The minimum Gasteiger partial charge on any atom is -0.459 e. The molecule has 0 fully saturated rings. The highest BCUT2D eigenvalue weighted by atomic mass is 19.4. The van der Waals surface area contributed by atoms with Gasteiger partial charge in [-0.1, -0.05) is 48.5 Å². The Balaban J connectivity index is 1.50. The normalized spacial score (nSPS) is 12.3. The SMILES string of the molecule is O=C(N[C@@H](Cc1c[nH]c2ccccc12)C(=O)OCc1ccc(C(F)(F)F)cc1)c1ccccc1. The van der Waals surface area contributed by atoms with E-state index >= 15 is 0 Å². The molecule has 4 rings (SSSR count). The summed E-state index contributed by atoms with van der Waals surface area (Å²) in [6.45, 7) is -0.220. The monoisotopic (exact) mass is 466 g/mol. The van der Waals surface area contributed by atoms with E-state index in [-0.39, 0.29) is 13.0 Å². The molecule has 3 aromatic carbocycles. The highest BCUT2D eigenvalue weighted by Gasteiger charge is 2.30. The van der Waals surface area contributed by atoms with Crippen molar-refractivity contribution in [3.63, 3.8) is 0 Å². The number of alkyl halides is 3. The molecule has 0 bridgehead atoms. The molecule has 0 saturated heterocycles. The number of aromatic nitrogens is 1. The fourth-order valence-electron chi connectivity index (χ4n) is 3.59. The molecule has 0 saturated carbocycles. The predicted octanol–water partition coefficient (Wildman–Crippen LogP) is 5.27. The number of hydrogen-bond acceptors (Lipinski definition) is 3. The van der Waals surface area contributed by atoms with Crippen molar-refractivity contribution in [1.82, 2.24) is 10.3 Å². The third-order valence-electron chi connectivity index (χ3n) is 5.39. The van der Waals surface area contributed by atoms with Gasteiger partial charge in [0.15, 0.2) is 0 Å². The molecular weight excluding hydrogens is 445 g/mol. The second-order valence-corrected chi connectivity index (χ2v) is 7.76. The lowest BCUT2D eigenvalue weighted by Gasteiger charge is -2.18. The standard InChI is InChI=1S/C26H21F3N2O3/c27-26(28,29)20-12-10-17(11-13-20)16-34-25(33)23(31-24(32)18-6-2-1-3-7-18)14-19-15-30-22-9-5-4-8-21(19)22/h1-13,15,23,30H,14,16H2,(H,31,32)/t23-/m0/s1. The second kappa shape index (κ2) is 9.82. The lowest BCUT2D eigenvalue weighted by Crippen LogP contribution is -2.43. The van der Waals surface area contributed by atoms with Gasteiger partial charge in [0.2, 0.25) is 0 Å². The van der Waals surface area contributed by atoms with Crippen molar-refractivity contribution in [1.29, 1.82) is 0 Å². The third kappa shape index (κ3) is 5.46. The van der Waals surface area contributed by atoms with Gasteiger partial charge in [-0.25, -0.2) is 4.79 Å². The molecule has 0 aliphatic heterocycles. The maximum atomic E-state index is 12.9. The topological polar surface area (TPSA) is 71.2 Å². The number of carbonyl (C=O) groups is 2. The molecule has 34 heavy (non-hydrogen) atoms. The van der Waals surface area contributed by atoms with Crippen LogP contribution in [-0.4, -0.2) is 22.9 Å². The van der Waals surface area contributed by atoms with Crippen molar-refractivity contribution < 1.29 is 27.5 Å². The molecule has 8 heteroatoms. The molecule has 2 N–H and O–H groups in total. The fraction of sp³-hybridized carbons (Fsp3) is 0.154. The number of halogens is 3. The average Bonchev–Trinajstić information content (AvgIpc) is 3.25. The molecule has 4 aromatic rings. The molecule has 0 aliphatic rings. The number of nitrogens with one attached hydrogen (secondary N) is 2. The first-order valence-corrected chi connectivity index (χ1v) is 10.5. The molecule has 0 spiro atoms. The molecular formula is C26H21F3N2O3. The average molecular weight is 466 g/mol. The van der Waals surface area contributed by atoms with Gasteiger partial charge in [0.25, 0.3) is 5.91 Å². The van der Waals surface area contributed by atoms with Crippen molar-refractivity contribution in [2.45, 2.75) is 25.2 Å². The summed E-state index contributed by atoms with van der Waals surface area (Å²) in [5.74, 6) is -1.12. The first-order valence-electron chi connectivity index (χ1n) is 10.5. The first kappa shape index (κ1) is 23.1. The largest absolute Gasteiger partial charge is 0.459 e. The highest BCUT2D eigenvalue weighted by Crippen LogP contribution is 2.29. The van der Waals surface area contributed by atoms with Crippen LogP contribution < -0.4 is 5.32 Å². The summed E-state index contributed by atoms with van der Waals surface area (Å²) in [6, 6.07) is 19.4. The molecule has 0 radical (unpaired) electrons. The van der Waals surface area contributed by atoms with E-state index < -0.39 is 29.7 Å². The van der Waals surface area contributed by atoms with Crippen molar-refractivity contribution in [2.24, 2.45) is 0 Å². The molecule has 5 nitrogen and oxygen atoms in total. The van der Waals surface area contributed by atoms with Crippen LogP contribution >= 0.6 is 0 Å². The summed E-state index contributed by atoms with van der Waals surface area (Å²) in [6.07, 6.45) is -2.49. The number of benzene rings is 3. The number of rotatable bonds is 7. The van der Waals surface area contributed by atoms with Crippen LogP contribution in [0.4, 0.5) is 13.2 Å². The number of hydrogen-bond donors (Lipinski definition) is 2. The number of amides is 1. The van der Waals surface area contributed by atoms with Gasteiger partial charge in [0.05, 0.1) is 5.56 Å². The van der Waals surface area contributed by atoms with Gasteiger partial charge >= 0.3 is 12.1 Å². The Morgan fingerprint density at radius 2 is 1.59 bits per heavy atom. The van der Waals surface area contributed by atoms with Crippen molar-refractivity contribution in [2.75, 3.05) is 0 Å². The van der Waals surface area contributed by atoms with Gasteiger partial charge in [-0.2, -0.15) is 13.2 Å². The van der Waals surface area contributed by atoms with Crippen LogP contribution in [0.15, 0.2) is 85.1 Å². The van der Waals surface area contributed by atoms with Crippen LogP contribution in [0.2, 0.25) is 0 Å². The zero-order valence-electron chi connectivity index (χ0n) is 17.9. The van der Waals surface area contributed by atoms with Crippen LogP contribution in [0.5, 0.6) is 0 Å². The zero-order valence-corrected chi connectivity index (χ0v) is 17.9. The van der Waals surface area contributed by atoms with Crippen LogP contribution in [0.1, 0.15) is 27.0 Å². The minimum atomic E-state index is -4.44. The van der Waals surface area contributed by atoms with Crippen molar-refractivity contribution >= 4 is 22.8 Å². The van der Waals surface area contributed by atoms with Gasteiger partial charge < -0.3 is 15.0 Å². The van der Waals surface area contributed by atoms with Gasteiger partial charge in [0, 0.05) is 29.1 Å². The molecule has 1 amide bonds. The Labute approximate surface area is 193 Å². The summed E-state index contributed by atoms with van der Waals surface area (Å²) in [4.78, 5) is 28.8. The number of aromatic amines is 1. The van der Waals surface area contributed by atoms with Gasteiger partial charge in [-0.3, -0.25) is 4.79 Å². The van der Waals surface area contributed by atoms with E-state index in [0.29, 0.717) is 11.1 Å². The number of para-hydroxylation sites is 1. The van der Waals surface area contributed by atoms with Gasteiger partial charge in [0.1, 0.15) is 12.6 Å². The van der Waals surface area contributed by atoms with E-state index in [1.54, 1.807) is 36.5 Å². The lowest BCUT2D eigenvalue weighted by molar-refractivity contribution is -0.147. The molecule has 1 heterocycles. The Bertz CT molecular complexity index is 1280. The van der Waals surface area contributed by atoms with Crippen molar-refractivity contribution in [3.8, 4) is 0 Å². The van der Waals surface area contributed by atoms with Crippen LogP contribution in [0, 0.1) is 0 Å². The number of H-pyrrole nitrogens is 1. The molecule has 0 unspecified atom stereocenters. The molecule has 1 aromatic heterocycles. The summed E-state index contributed by atoms with van der Waals surface area (Å²) in [5, 5.41) is 3.64. The number of carbonyl (C=O) groups excluding carboxylic acids is 2. The minimum absolute atomic E-state index is 0.175. The van der Waals surface area contributed by atoms with E-state index in [1.807, 2.05) is 24.3 Å². The number of ether oxygens (including phenoxy) is 1. The Morgan fingerprint density at radius 1 is 0.912 bits per heavy atom. The quantitative estimate of drug-likeness (QED) is 0.365.